The molecule has 0 bridgehead atoms. The first-order valence-electron chi connectivity index (χ1n) is 9.15. The number of amides is 1. The maximum absolute atomic E-state index is 12.7. The summed E-state index contributed by atoms with van der Waals surface area (Å²) in [7, 11) is 0. The van der Waals surface area contributed by atoms with E-state index in [0.717, 1.165) is 29.9 Å². The Kier molecular flexibility index (Phi) is 6.20. The van der Waals surface area contributed by atoms with Crippen molar-refractivity contribution in [1.29, 1.82) is 0 Å². The zero-order valence-electron chi connectivity index (χ0n) is 15.7. The lowest BCUT2D eigenvalue weighted by Gasteiger charge is -2.17. The molecule has 2 N–H and O–H groups in total. The number of carbonyl (C=O) groups is 1. The van der Waals surface area contributed by atoms with E-state index in [9.17, 15) is 4.79 Å². The van der Waals surface area contributed by atoms with Gasteiger partial charge in [-0.25, -0.2) is 0 Å². The lowest BCUT2D eigenvalue weighted by atomic mass is 10.1. The molecule has 0 fully saturated rings. The fourth-order valence-electron chi connectivity index (χ4n) is 2.89. The molecule has 2 aromatic heterocycles. The van der Waals surface area contributed by atoms with Crippen LogP contribution in [0.15, 0.2) is 61.1 Å². The summed E-state index contributed by atoms with van der Waals surface area (Å²) in [6, 6.07) is 13.5. The SMILES string of the molecule is Cc1c(NCc2ccccn2)cccc1C(=O)N[C@@H](C)CCn1cccn1. The number of carbonyl (C=O) groups excluding carboxylic acids is 1. The van der Waals surface area contributed by atoms with Crippen molar-refractivity contribution in [3.05, 3.63) is 77.9 Å². The average molecular weight is 363 g/mol. The Morgan fingerprint density at radius 3 is 2.78 bits per heavy atom. The Labute approximate surface area is 159 Å². The maximum atomic E-state index is 12.7. The number of rotatable bonds is 8. The standard InChI is InChI=1S/C21H25N5O/c1-16(10-14-26-13-6-12-24-26)25-21(27)19-8-5-9-20(17(19)2)23-15-18-7-3-4-11-22-18/h3-9,11-13,16,23H,10,14-15H2,1-2H3,(H,25,27)/t16-/m0/s1. The van der Waals surface area contributed by atoms with E-state index >= 15 is 0 Å². The molecule has 0 saturated heterocycles. The third-order valence-electron chi connectivity index (χ3n) is 4.49. The first-order valence-corrected chi connectivity index (χ1v) is 9.15. The van der Waals surface area contributed by atoms with Crippen molar-refractivity contribution in [3.8, 4) is 0 Å². The van der Waals surface area contributed by atoms with Gasteiger partial charge in [-0.3, -0.25) is 14.5 Å². The van der Waals surface area contributed by atoms with E-state index in [-0.39, 0.29) is 11.9 Å². The summed E-state index contributed by atoms with van der Waals surface area (Å²) in [5.41, 5.74) is 3.52. The van der Waals surface area contributed by atoms with Gasteiger partial charge in [0.15, 0.2) is 0 Å². The van der Waals surface area contributed by atoms with Crippen LogP contribution < -0.4 is 10.6 Å². The van der Waals surface area contributed by atoms with Crippen LogP contribution in [0, 0.1) is 6.92 Å². The van der Waals surface area contributed by atoms with Gasteiger partial charge in [0, 0.05) is 42.4 Å². The molecule has 1 aromatic carbocycles. The second kappa shape index (κ2) is 8.98. The zero-order chi connectivity index (χ0) is 19.1. The summed E-state index contributed by atoms with van der Waals surface area (Å²) in [6.45, 7) is 5.37. The van der Waals surface area contributed by atoms with Gasteiger partial charge in [0.2, 0.25) is 0 Å². The summed E-state index contributed by atoms with van der Waals surface area (Å²) in [5, 5.41) is 10.6. The first kappa shape index (κ1) is 18.6. The number of pyridine rings is 1. The van der Waals surface area contributed by atoms with Gasteiger partial charge in [0.1, 0.15) is 0 Å². The predicted octanol–water partition coefficient (Wildman–Crippen LogP) is 3.41. The van der Waals surface area contributed by atoms with Gasteiger partial charge in [-0.05, 0) is 56.2 Å². The van der Waals surface area contributed by atoms with Crippen molar-refractivity contribution in [2.45, 2.75) is 39.4 Å². The number of nitrogens with one attached hydrogen (secondary N) is 2. The molecule has 0 spiro atoms. The topological polar surface area (TPSA) is 71.8 Å². The molecule has 1 atom stereocenters. The second-order valence-corrected chi connectivity index (χ2v) is 6.59. The largest absolute Gasteiger partial charge is 0.379 e. The van der Waals surface area contributed by atoms with E-state index in [4.69, 9.17) is 0 Å². The highest BCUT2D eigenvalue weighted by Gasteiger charge is 2.14. The van der Waals surface area contributed by atoms with Crippen LogP contribution in [0.5, 0.6) is 0 Å². The smallest absolute Gasteiger partial charge is 0.251 e. The minimum absolute atomic E-state index is 0.0537. The molecule has 6 nitrogen and oxygen atoms in total. The van der Waals surface area contributed by atoms with Crippen LogP contribution in [-0.4, -0.2) is 26.7 Å². The third kappa shape index (κ3) is 5.17. The van der Waals surface area contributed by atoms with Crippen molar-refractivity contribution in [3.63, 3.8) is 0 Å². The van der Waals surface area contributed by atoms with Crippen LogP contribution in [0.1, 0.15) is 35.0 Å². The van der Waals surface area contributed by atoms with E-state index in [2.05, 4.69) is 20.7 Å². The molecule has 3 aromatic rings. The zero-order valence-corrected chi connectivity index (χ0v) is 15.7. The van der Waals surface area contributed by atoms with E-state index in [1.807, 2.05) is 67.2 Å². The van der Waals surface area contributed by atoms with Gasteiger partial charge in [-0.15, -0.1) is 0 Å². The van der Waals surface area contributed by atoms with Gasteiger partial charge in [0.25, 0.3) is 5.91 Å². The predicted molar refractivity (Wildman–Crippen MR) is 107 cm³/mol. The monoisotopic (exact) mass is 363 g/mol. The quantitative estimate of drug-likeness (QED) is 0.643. The average Bonchev–Trinajstić information content (AvgIpc) is 3.20. The fraction of sp³-hybridized carbons (Fsp3) is 0.286. The molecule has 3 rings (SSSR count). The highest BCUT2D eigenvalue weighted by atomic mass is 16.1. The molecule has 1 amide bonds. The van der Waals surface area contributed by atoms with Crippen molar-refractivity contribution in [2.24, 2.45) is 0 Å². The molecule has 27 heavy (non-hydrogen) atoms. The molecule has 140 valence electrons. The van der Waals surface area contributed by atoms with Gasteiger partial charge in [0.05, 0.1) is 12.2 Å². The lowest BCUT2D eigenvalue weighted by molar-refractivity contribution is 0.0936. The van der Waals surface area contributed by atoms with Crippen LogP contribution in [0.25, 0.3) is 0 Å². The molecule has 0 aliphatic carbocycles. The number of nitrogens with zero attached hydrogens (tertiary/aromatic N) is 3. The number of hydrogen-bond acceptors (Lipinski definition) is 4. The Morgan fingerprint density at radius 1 is 1.15 bits per heavy atom. The van der Waals surface area contributed by atoms with E-state index < -0.39 is 0 Å². The Balaban J connectivity index is 1.59. The van der Waals surface area contributed by atoms with Crippen LogP contribution in [0.4, 0.5) is 5.69 Å². The highest BCUT2D eigenvalue weighted by Crippen LogP contribution is 2.20. The number of aromatic nitrogens is 3. The van der Waals surface area contributed by atoms with Crippen molar-refractivity contribution < 1.29 is 4.79 Å². The summed E-state index contributed by atoms with van der Waals surface area (Å²) in [4.78, 5) is 17.0. The minimum atomic E-state index is -0.0537. The summed E-state index contributed by atoms with van der Waals surface area (Å²) < 4.78 is 1.87. The summed E-state index contributed by atoms with van der Waals surface area (Å²) in [6.07, 6.45) is 6.29. The molecule has 0 unspecified atom stereocenters. The summed E-state index contributed by atoms with van der Waals surface area (Å²) in [5.74, 6) is -0.0537. The van der Waals surface area contributed by atoms with Crippen LogP contribution >= 0.6 is 0 Å². The van der Waals surface area contributed by atoms with E-state index in [1.165, 1.54) is 0 Å². The number of aryl methyl sites for hydroxylation is 1. The molecule has 0 aliphatic heterocycles. The molecule has 0 saturated carbocycles. The number of hydrogen-bond donors (Lipinski definition) is 2. The van der Waals surface area contributed by atoms with E-state index in [0.29, 0.717) is 12.1 Å². The maximum Gasteiger partial charge on any atom is 0.251 e. The first-order chi connectivity index (χ1) is 13.1. The Hall–Kier alpha value is -3.15. The molecule has 0 aliphatic rings. The minimum Gasteiger partial charge on any atom is -0.379 e. The lowest BCUT2D eigenvalue weighted by Crippen LogP contribution is -2.33. The molecular weight excluding hydrogens is 338 g/mol. The van der Waals surface area contributed by atoms with Crippen molar-refractivity contribution >= 4 is 11.6 Å². The molecule has 0 radical (unpaired) electrons. The Morgan fingerprint density at radius 2 is 2.04 bits per heavy atom. The molecular formula is C21H25N5O. The van der Waals surface area contributed by atoms with Gasteiger partial charge in [-0.1, -0.05) is 12.1 Å². The molecule has 6 heteroatoms. The number of benzene rings is 1. The Bertz CT molecular complexity index is 862. The van der Waals surface area contributed by atoms with Crippen molar-refractivity contribution in [1.82, 2.24) is 20.1 Å². The second-order valence-electron chi connectivity index (χ2n) is 6.59. The number of anilines is 1. The van der Waals surface area contributed by atoms with Gasteiger partial charge < -0.3 is 10.6 Å². The van der Waals surface area contributed by atoms with Crippen LogP contribution in [-0.2, 0) is 13.1 Å². The highest BCUT2D eigenvalue weighted by molar-refractivity contribution is 5.97. The van der Waals surface area contributed by atoms with Crippen LogP contribution in [0.3, 0.4) is 0 Å². The van der Waals surface area contributed by atoms with Gasteiger partial charge >= 0.3 is 0 Å². The normalized spacial score (nSPS) is 11.8. The summed E-state index contributed by atoms with van der Waals surface area (Å²) >= 11 is 0. The van der Waals surface area contributed by atoms with Crippen LogP contribution in [0.2, 0.25) is 0 Å². The van der Waals surface area contributed by atoms with E-state index in [1.54, 1.807) is 12.4 Å². The third-order valence-corrected chi connectivity index (χ3v) is 4.49. The molecule has 2 heterocycles. The van der Waals surface area contributed by atoms with Crippen molar-refractivity contribution in [2.75, 3.05) is 5.32 Å². The van der Waals surface area contributed by atoms with Gasteiger partial charge in [-0.2, -0.15) is 5.10 Å². The fourth-order valence-corrected chi connectivity index (χ4v) is 2.89.